The van der Waals surface area contributed by atoms with Crippen LogP contribution in [0.25, 0.3) is 0 Å². The molecular weight excluding hydrogens is 758 g/mol. The van der Waals surface area contributed by atoms with Gasteiger partial charge in [-0.2, -0.15) is 0 Å². The highest BCUT2D eigenvalue weighted by atomic mass is 35.5. The summed E-state index contributed by atoms with van der Waals surface area (Å²) in [4.78, 5) is 68.9. The Labute approximate surface area is 326 Å². The van der Waals surface area contributed by atoms with Gasteiger partial charge in [-0.25, -0.2) is 4.79 Å². The molecule has 3 aromatic rings. The molecule has 0 aliphatic carbocycles. The number of aliphatic carboxylic acids is 2. The molecule has 1 amide bonds. The molecule has 3 atom stereocenters. The Morgan fingerprint density at radius 1 is 0.909 bits per heavy atom. The molecule has 55 heavy (non-hydrogen) atoms. The van der Waals surface area contributed by atoms with Crippen molar-refractivity contribution in [3.63, 3.8) is 0 Å². The van der Waals surface area contributed by atoms with Crippen LogP contribution in [0, 0.1) is 0 Å². The molecule has 3 N–H and O–H groups in total. The maximum Gasteiger partial charge on any atom is 0.336 e. The molecular formula is C38H42ClN3O12S. The van der Waals surface area contributed by atoms with Crippen molar-refractivity contribution in [2.45, 2.75) is 47.7 Å². The standard InChI is InChI=1S/C38H42ClN3O12S/c1-24(43)53-34-35(47)42(16-6-15-40-17-19-41(20-18-40)28-7-4-5-8-30(28)52-3)29-14-11-26(39)21-31(29)55-38(34,25-9-12-27(51-2)13-10-25)54-33(46)23-37(50,36(48)49)22-32(44)45/h4-5,7-14,21,34,50H,6,15-20,22-23H2,1-3H3,(H,44,45)(H,48,49)/t34?,37?,38-/m1/s1. The quantitative estimate of drug-likeness (QED) is 0.187. The first-order valence-electron chi connectivity index (χ1n) is 17.3. The Morgan fingerprint density at radius 3 is 2.22 bits per heavy atom. The number of thioether (sulfide) groups is 1. The van der Waals surface area contributed by atoms with Crippen molar-refractivity contribution in [3.8, 4) is 11.5 Å². The molecule has 15 nitrogen and oxygen atoms in total. The number of ether oxygens (including phenoxy) is 4. The maximum absolute atomic E-state index is 14.8. The molecule has 294 valence electrons. The molecule has 2 aliphatic rings. The van der Waals surface area contributed by atoms with E-state index in [0.29, 0.717) is 29.3 Å². The summed E-state index contributed by atoms with van der Waals surface area (Å²) in [6, 6.07) is 18.6. The van der Waals surface area contributed by atoms with E-state index in [0.717, 1.165) is 56.3 Å². The van der Waals surface area contributed by atoms with Crippen molar-refractivity contribution in [2.24, 2.45) is 0 Å². The number of hydrogen-bond acceptors (Lipinski definition) is 13. The summed E-state index contributed by atoms with van der Waals surface area (Å²) in [6.45, 7) is 4.88. The summed E-state index contributed by atoms with van der Waals surface area (Å²) in [7, 11) is 3.07. The first kappa shape index (κ1) is 41.1. The van der Waals surface area contributed by atoms with Crippen molar-refractivity contribution in [1.82, 2.24) is 4.90 Å². The van der Waals surface area contributed by atoms with Gasteiger partial charge >= 0.3 is 23.9 Å². The fraction of sp³-hybridized carbons (Fsp3) is 0.395. The van der Waals surface area contributed by atoms with E-state index >= 15 is 0 Å². The van der Waals surface area contributed by atoms with Crippen LogP contribution >= 0.6 is 23.4 Å². The summed E-state index contributed by atoms with van der Waals surface area (Å²) in [5.74, 6) is -5.50. The lowest BCUT2D eigenvalue weighted by Crippen LogP contribution is -2.53. The topological polar surface area (TPSA) is 193 Å². The summed E-state index contributed by atoms with van der Waals surface area (Å²) < 4.78 is 22.6. The summed E-state index contributed by atoms with van der Waals surface area (Å²) in [5.41, 5.74) is -1.53. The molecule has 1 saturated heterocycles. The van der Waals surface area contributed by atoms with Crippen molar-refractivity contribution >= 4 is 64.5 Å². The van der Waals surface area contributed by atoms with Gasteiger partial charge in [-0.15, -0.1) is 0 Å². The molecule has 17 heteroatoms. The second-order valence-electron chi connectivity index (χ2n) is 13.0. The Kier molecular flexibility index (Phi) is 13.2. The third-order valence-corrected chi connectivity index (χ3v) is 10.9. The number of rotatable bonds is 15. The lowest BCUT2D eigenvalue weighted by Gasteiger charge is -2.38. The average molecular weight is 800 g/mol. The van der Waals surface area contributed by atoms with Crippen molar-refractivity contribution in [3.05, 3.63) is 77.3 Å². The number of esters is 2. The number of carbonyl (C=O) groups is 5. The van der Waals surface area contributed by atoms with Gasteiger partial charge < -0.3 is 44.1 Å². The summed E-state index contributed by atoms with van der Waals surface area (Å²) >= 11 is 7.29. The first-order chi connectivity index (χ1) is 26.2. The van der Waals surface area contributed by atoms with Gasteiger partial charge in [0.2, 0.25) is 11.0 Å². The number of amides is 1. The fourth-order valence-corrected chi connectivity index (χ4v) is 8.26. The van der Waals surface area contributed by atoms with E-state index in [4.69, 9.17) is 30.5 Å². The number of carbonyl (C=O) groups excluding carboxylic acids is 3. The molecule has 5 rings (SSSR count). The highest BCUT2D eigenvalue weighted by Crippen LogP contribution is 2.53. The minimum atomic E-state index is -3.06. The molecule has 2 heterocycles. The molecule has 1 fully saturated rings. The number of hydrogen-bond donors (Lipinski definition) is 3. The Balaban J connectivity index is 1.48. The minimum Gasteiger partial charge on any atom is -0.497 e. The van der Waals surface area contributed by atoms with Crippen LogP contribution in [0.15, 0.2) is 71.6 Å². The van der Waals surface area contributed by atoms with E-state index in [-0.39, 0.29) is 17.1 Å². The number of piperazine rings is 1. The molecule has 0 aromatic heterocycles. The Bertz CT molecular complexity index is 1910. The fourth-order valence-electron chi connectivity index (χ4n) is 6.59. The van der Waals surface area contributed by atoms with Crippen LogP contribution in [-0.4, -0.2) is 115 Å². The largest absolute Gasteiger partial charge is 0.497 e. The third kappa shape index (κ3) is 9.44. The maximum atomic E-state index is 14.8. The van der Waals surface area contributed by atoms with Gasteiger partial charge in [-0.3, -0.25) is 24.1 Å². The van der Waals surface area contributed by atoms with Crippen LogP contribution in [0.4, 0.5) is 11.4 Å². The van der Waals surface area contributed by atoms with Gasteiger partial charge in [0.05, 0.1) is 38.4 Å². The average Bonchev–Trinajstić information content (AvgIpc) is 3.23. The number of halogens is 1. The minimum absolute atomic E-state index is 0.129. The van der Waals surface area contributed by atoms with E-state index < -0.39 is 59.3 Å². The van der Waals surface area contributed by atoms with Gasteiger partial charge in [-0.1, -0.05) is 47.6 Å². The van der Waals surface area contributed by atoms with Gasteiger partial charge in [0.1, 0.15) is 11.5 Å². The van der Waals surface area contributed by atoms with E-state index in [9.17, 15) is 39.3 Å². The third-order valence-electron chi connectivity index (χ3n) is 9.28. The van der Waals surface area contributed by atoms with Crippen LogP contribution < -0.4 is 19.3 Å². The number of aliphatic hydroxyl groups is 1. The number of anilines is 2. The lowest BCUT2D eigenvalue weighted by atomic mass is 9.95. The Hall–Kier alpha value is -5.03. The van der Waals surface area contributed by atoms with Crippen LogP contribution in [0.5, 0.6) is 11.5 Å². The van der Waals surface area contributed by atoms with Crippen LogP contribution in [0.2, 0.25) is 5.02 Å². The zero-order chi connectivity index (χ0) is 39.9. The van der Waals surface area contributed by atoms with Gasteiger partial charge in [0.25, 0.3) is 5.91 Å². The second-order valence-corrected chi connectivity index (χ2v) is 14.7. The van der Waals surface area contributed by atoms with Gasteiger partial charge in [0, 0.05) is 55.1 Å². The highest BCUT2D eigenvalue weighted by Gasteiger charge is 2.56. The van der Waals surface area contributed by atoms with Gasteiger partial charge in [-0.05, 0) is 55.4 Å². The van der Waals surface area contributed by atoms with E-state index in [2.05, 4.69) is 9.80 Å². The normalized spacial score (nSPS) is 19.7. The number of methoxy groups -OCH3 is 2. The van der Waals surface area contributed by atoms with Crippen LogP contribution in [-0.2, 0) is 38.4 Å². The van der Waals surface area contributed by atoms with E-state index in [1.165, 1.54) is 36.3 Å². The number of para-hydroxylation sites is 2. The number of nitrogens with zero attached hydrogens (tertiary/aromatic N) is 3. The monoisotopic (exact) mass is 799 g/mol. The molecule has 2 unspecified atom stereocenters. The van der Waals surface area contributed by atoms with Crippen LogP contribution in [0.3, 0.4) is 0 Å². The number of benzene rings is 3. The zero-order valence-electron chi connectivity index (χ0n) is 30.4. The summed E-state index contributed by atoms with van der Waals surface area (Å²) in [5, 5.41) is 30.0. The SMILES string of the molecule is COc1ccc([C@@]2(OC(=O)CC(O)(CC(=O)O)C(=O)O)Sc3cc(Cl)ccc3N(CCCN3CCN(c4ccccc4OC)CC3)C(=O)C2OC(C)=O)cc1. The lowest BCUT2D eigenvalue weighted by molar-refractivity contribution is -0.183. The first-order valence-corrected chi connectivity index (χ1v) is 18.5. The zero-order valence-corrected chi connectivity index (χ0v) is 32.0. The smallest absolute Gasteiger partial charge is 0.336 e. The molecule has 0 radical (unpaired) electrons. The molecule has 2 aliphatic heterocycles. The van der Waals surface area contributed by atoms with Crippen molar-refractivity contribution in [2.75, 3.05) is 63.3 Å². The number of carboxylic acids is 2. The highest BCUT2D eigenvalue weighted by molar-refractivity contribution is 8.00. The molecule has 0 bridgehead atoms. The van der Waals surface area contributed by atoms with Crippen LogP contribution in [0.1, 0.15) is 31.7 Å². The predicted octanol–water partition coefficient (Wildman–Crippen LogP) is 4.02. The molecule has 0 saturated carbocycles. The Morgan fingerprint density at radius 2 is 1.60 bits per heavy atom. The second kappa shape index (κ2) is 17.6. The summed E-state index contributed by atoms with van der Waals surface area (Å²) in [6.07, 6.45) is -4.00. The van der Waals surface area contributed by atoms with E-state index in [1.54, 1.807) is 25.3 Å². The predicted molar refractivity (Wildman–Crippen MR) is 202 cm³/mol. The van der Waals surface area contributed by atoms with Gasteiger partial charge in [0.15, 0.2) is 5.60 Å². The number of fused-ring (bicyclic) bond motifs is 1. The van der Waals surface area contributed by atoms with E-state index in [1.807, 2.05) is 24.3 Å². The molecule has 0 spiro atoms. The van der Waals surface area contributed by atoms with Crippen molar-refractivity contribution < 1.29 is 58.2 Å². The number of carboxylic acid groups (broad SMARTS) is 2. The molecule has 3 aromatic carbocycles. The van der Waals surface area contributed by atoms with Crippen molar-refractivity contribution in [1.29, 1.82) is 0 Å².